The average molecular weight is 293 g/mol. The molecule has 0 heterocycles. The summed E-state index contributed by atoms with van der Waals surface area (Å²) in [5, 5.41) is 3.37. The molecule has 1 rings (SSSR count). The number of benzene rings is 1. The van der Waals surface area contributed by atoms with Gasteiger partial charge in [0.05, 0.1) is 25.9 Å². The Morgan fingerprint density at radius 3 is 1.90 bits per heavy atom. The molecular weight excluding hydrogens is 266 g/mol. The fourth-order valence-corrected chi connectivity index (χ4v) is 2.15. The van der Waals surface area contributed by atoms with E-state index in [1.165, 1.54) is 0 Å². The first-order valence-electron chi connectivity index (χ1n) is 7.63. The van der Waals surface area contributed by atoms with Gasteiger partial charge in [-0.25, -0.2) is 0 Å². The minimum Gasteiger partial charge on any atom is -0.490 e. The third kappa shape index (κ3) is 4.67. The second-order valence-electron chi connectivity index (χ2n) is 4.42. The summed E-state index contributed by atoms with van der Waals surface area (Å²) in [5.41, 5.74) is 1.06. The van der Waals surface area contributed by atoms with Crippen molar-refractivity contribution >= 4 is 0 Å². The van der Waals surface area contributed by atoms with Gasteiger partial charge < -0.3 is 19.5 Å². The van der Waals surface area contributed by atoms with E-state index in [2.05, 4.69) is 18.8 Å². The van der Waals surface area contributed by atoms with Crippen molar-refractivity contribution in [1.82, 2.24) is 5.32 Å². The summed E-state index contributed by atoms with van der Waals surface area (Å²) in [5.74, 6) is 2.10. The molecular formula is C17H27NO3. The van der Waals surface area contributed by atoms with Crippen molar-refractivity contribution in [2.45, 2.75) is 33.7 Å². The lowest BCUT2D eigenvalue weighted by Crippen LogP contribution is -2.19. The summed E-state index contributed by atoms with van der Waals surface area (Å²) >= 11 is 0. The Morgan fingerprint density at radius 1 is 1.00 bits per heavy atom. The Bertz CT molecular complexity index is 419. The van der Waals surface area contributed by atoms with Crippen molar-refractivity contribution in [3.05, 3.63) is 30.4 Å². The lowest BCUT2D eigenvalue weighted by Gasteiger charge is -2.20. The van der Waals surface area contributed by atoms with Crippen molar-refractivity contribution in [2.75, 3.05) is 26.4 Å². The molecule has 0 aliphatic heterocycles. The first kappa shape index (κ1) is 17.4. The summed E-state index contributed by atoms with van der Waals surface area (Å²) in [6, 6.07) is 4.04. The van der Waals surface area contributed by atoms with Gasteiger partial charge in [0.1, 0.15) is 0 Å². The van der Waals surface area contributed by atoms with E-state index in [9.17, 15) is 0 Å². The molecule has 0 spiro atoms. The molecule has 0 aliphatic rings. The zero-order chi connectivity index (χ0) is 15.7. The normalized spacial score (nSPS) is 11.8. The molecule has 0 saturated carbocycles. The number of hydrogen-bond acceptors (Lipinski definition) is 4. The van der Waals surface area contributed by atoms with Gasteiger partial charge in [0.25, 0.3) is 0 Å². The number of ether oxygens (including phenoxy) is 3. The van der Waals surface area contributed by atoms with Gasteiger partial charge in [-0.3, -0.25) is 0 Å². The Kier molecular flexibility index (Phi) is 7.69. The third-order valence-electron chi connectivity index (χ3n) is 2.95. The zero-order valence-electron chi connectivity index (χ0n) is 13.6. The van der Waals surface area contributed by atoms with E-state index in [4.69, 9.17) is 14.2 Å². The Balaban J connectivity index is 3.29. The highest BCUT2D eigenvalue weighted by molar-refractivity contribution is 5.55. The van der Waals surface area contributed by atoms with Crippen molar-refractivity contribution in [2.24, 2.45) is 0 Å². The molecule has 1 aromatic carbocycles. The molecule has 0 saturated heterocycles. The molecule has 21 heavy (non-hydrogen) atoms. The van der Waals surface area contributed by atoms with Crippen LogP contribution in [0.2, 0.25) is 0 Å². The second-order valence-corrected chi connectivity index (χ2v) is 4.42. The quantitative estimate of drug-likeness (QED) is 0.667. The zero-order valence-corrected chi connectivity index (χ0v) is 13.6. The van der Waals surface area contributed by atoms with E-state index < -0.39 is 0 Å². The average Bonchev–Trinajstić information content (AvgIpc) is 2.48. The molecule has 1 N–H and O–H groups in total. The van der Waals surface area contributed by atoms with Crippen LogP contribution in [0.1, 0.15) is 39.3 Å². The van der Waals surface area contributed by atoms with Crippen molar-refractivity contribution in [1.29, 1.82) is 0 Å². The minimum absolute atomic E-state index is 0.0593. The number of nitrogens with one attached hydrogen (secondary N) is 1. The van der Waals surface area contributed by atoms with E-state index in [1.807, 2.05) is 39.0 Å². The van der Waals surface area contributed by atoms with Crippen LogP contribution in [0.25, 0.3) is 0 Å². The maximum Gasteiger partial charge on any atom is 0.203 e. The lowest BCUT2D eigenvalue weighted by atomic mass is 10.1. The molecule has 0 aliphatic carbocycles. The number of rotatable bonds is 10. The van der Waals surface area contributed by atoms with Crippen LogP contribution >= 0.6 is 0 Å². The molecule has 0 aromatic heterocycles. The standard InChI is InChI=1S/C17H27NO3/c1-6-14(18-7-2)13-11-15(19-8-3)17(21-10-5)16(12-13)20-9-4/h6,11-12,14,18H,1,7-10H2,2-5H3. The molecule has 1 atom stereocenters. The van der Waals surface area contributed by atoms with Gasteiger partial charge in [-0.2, -0.15) is 0 Å². The maximum atomic E-state index is 5.72. The summed E-state index contributed by atoms with van der Waals surface area (Å²) in [4.78, 5) is 0. The van der Waals surface area contributed by atoms with Gasteiger partial charge in [0, 0.05) is 0 Å². The van der Waals surface area contributed by atoms with Gasteiger partial charge in [0.15, 0.2) is 11.5 Å². The first-order valence-corrected chi connectivity index (χ1v) is 7.63. The van der Waals surface area contributed by atoms with Gasteiger partial charge in [0.2, 0.25) is 5.75 Å². The smallest absolute Gasteiger partial charge is 0.203 e. The molecule has 4 heteroatoms. The molecule has 1 aromatic rings. The highest BCUT2D eigenvalue weighted by Gasteiger charge is 2.17. The van der Waals surface area contributed by atoms with E-state index in [1.54, 1.807) is 0 Å². The van der Waals surface area contributed by atoms with Crippen LogP contribution in [0.4, 0.5) is 0 Å². The number of likely N-dealkylation sites (N-methyl/N-ethyl adjacent to an activating group) is 1. The first-order chi connectivity index (χ1) is 10.2. The Labute approximate surface area is 128 Å². The van der Waals surface area contributed by atoms with Gasteiger partial charge in [-0.1, -0.05) is 13.0 Å². The largest absolute Gasteiger partial charge is 0.490 e. The lowest BCUT2D eigenvalue weighted by molar-refractivity contribution is 0.260. The molecule has 1 unspecified atom stereocenters. The van der Waals surface area contributed by atoms with Crippen LogP contribution in [-0.2, 0) is 0 Å². The van der Waals surface area contributed by atoms with Crippen molar-refractivity contribution in [3.63, 3.8) is 0 Å². The fourth-order valence-electron chi connectivity index (χ4n) is 2.15. The predicted octanol–water partition coefficient (Wildman–Crippen LogP) is 3.72. The summed E-state index contributed by atoms with van der Waals surface area (Å²) < 4.78 is 17.2. The molecule has 4 nitrogen and oxygen atoms in total. The van der Waals surface area contributed by atoms with Crippen molar-refractivity contribution < 1.29 is 14.2 Å². The molecule has 118 valence electrons. The summed E-state index contributed by atoms with van der Waals surface area (Å²) in [7, 11) is 0. The van der Waals surface area contributed by atoms with Crippen LogP contribution in [0.5, 0.6) is 17.2 Å². The van der Waals surface area contributed by atoms with Gasteiger partial charge in [-0.15, -0.1) is 6.58 Å². The molecule has 0 radical (unpaired) electrons. The van der Waals surface area contributed by atoms with Gasteiger partial charge in [-0.05, 0) is 45.0 Å². The summed E-state index contributed by atoms with van der Waals surface area (Å²) in [6.07, 6.45) is 1.88. The maximum absolute atomic E-state index is 5.72. The summed E-state index contributed by atoms with van der Waals surface area (Å²) in [6.45, 7) is 14.4. The highest BCUT2D eigenvalue weighted by Crippen LogP contribution is 2.40. The Hall–Kier alpha value is -1.68. The highest BCUT2D eigenvalue weighted by atomic mass is 16.5. The molecule has 0 fully saturated rings. The van der Waals surface area contributed by atoms with E-state index in [0.717, 1.165) is 12.1 Å². The van der Waals surface area contributed by atoms with Crippen LogP contribution in [-0.4, -0.2) is 26.4 Å². The van der Waals surface area contributed by atoms with Crippen LogP contribution in [0.15, 0.2) is 24.8 Å². The van der Waals surface area contributed by atoms with Crippen LogP contribution in [0.3, 0.4) is 0 Å². The van der Waals surface area contributed by atoms with E-state index in [-0.39, 0.29) is 6.04 Å². The monoisotopic (exact) mass is 293 g/mol. The Morgan fingerprint density at radius 2 is 1.52 bits per heavy atom. The topological polar surface area (TPSA) is 39.7 Å². The van der Waals surface area contributed by atoms with E-state index in [0.29, 0.717) is 37.1 Å². The SMILES string of the molecule is C=CC(NCC)c1cc(OCC)c(OCC)c(OCC)c1. The van der Waals surface area contributed by atoms with Crippen LogP contribution < -0.4 is 19.5 Å². The molecule has 0 bridgehead atoms. The molecule has 0 amide bonds. The van der Waals surface area contributed by atoms with Gasteiger partial charge >= 0.3 is 0 Å². The van der Waals surface area contributed by atoms with E-state index >= 15 is 0 Å². The van der Waals surface area contributed by atoms with Crippen molar-refractivity contribution in [3.8, 4) is 17.2 Å². The predicted molar refractivity (Wildman–Crippen MR) is 86.6 cm³/mol. The third-order valence-corrected chi connectivity index (χ3v) is 2.95. The number of hydrogen-bond donors (Lipinski definition) is 1. The van der Waals surface area contributed by atoms with Crippen LogP contribution in [0, 0.1) is 0 Å². The second kappa shape index (κ2) is 9.29. The minimum atomic E-state index is 0.0593. The fraction of sp³-hybridized carbons (Fsp3) is 0.529.